The zero-order valence-corrected chi connectivity index (χ0v) is 2.71. The van der Waals surface area contributed by atoms with Gasteiger partial charge >= 0.3 is 0 Å². The fraction of sp³-hybridized carbons (Fsp3) is 0. The smallest absolute Gasteiger partial charge is 0.201 e. The van der Waals surface area contributed by atoms with Gasteiger partial charge in [0.1, 0.15) is 5.10 Å². The van der Waals surface area contributed by atoms with Gasteiger partial charge in [0.05, 0.1) is 0 Å². The maximum atomic E-state index is 9.06. The van der Waals surface area contributed by atoms with Gasteiger partial charge in [-0.25, -0.2) is 15.5 Å². The Hall–Kier alpha value is -1.22. The number of nitrogens with zero attached hydrogens (tertiary/aromatic N) is 2. The summed E-state index contributed by atoms with van der Waals surface area (Å²) in [5.41, 5.74) is 0. The molecule has 0 atom stereocenters. The highest BCUT2D eigenvalue weighted by Gasteiger charge is 1.76. The van der Waals surface area contributed by atoms with Gasteiger partial charge in [0.15, 0.2) is 6.01 Å². The maximum Gasteiger partial charge on any atom is 0.201 e. The van der Waals surface area contributed by atoms with Crippen molar-refractivity contribution in [2.24, 2.45) is 5.10 Å². The van der Waals surface area contributed by atoms with Gasteiger partial charge in [-0.2, -0.15) is 0 Å². The molecule has 0 fully saturated rings. The average Bonchev–Trinajstić information content (AvgIpc) is 1.35. The Morgan fingerprint density at radius 3 is 2.50 bits per heavy atom. The molecule has 0 aliphatic carbocycles. The quantitative estimate of drug-likeness (QED) is 0.276. The highest BCUT2D eigenvalue weighted by Crippen LogP contribution is 1.58. The normalized spacial score (nSPS) is 6.00. The van der Waals surface area contributed by atoms with Crippen LogP contribution in [-0.2, 0) is 0 Å². The minimum Gasteiger partial charge on any atom is -0.236 e. The van der Waals surface area contributed by atoms with Crippen LogP contribution in [0.5, 0.6) is 0 Å². The van der Waals surface area contributed by atoms with Gasteiger partial charge in [0.2, 0.25) is 5.03 Å². The van der Waals surface area contributed by atoms with Gasteiger partial charge in [0.25, 0.3) is 0 Å². The van der Waals surface area contributed by atoms with Crippen molar-refractivity contribution in [1.82, 2.24) is 0 Å². The Morgan fingerprint density at radius 1 is 2.00 bits per heavy atom. The first-order valence-corrected chi connectivity index (χ1v) is 1.04. The third kappa shape index (κ3) is 2.78. The molecule has 0 rings (SSSR count). The van der Waals surface area contributed by atoms with Crippen molar-refractivity contribution in [3.63, 3.8) is 0 Å². The lowest BCUT2D eigenvalue weighted by atomic mass is 11.6. The Morgan fingerprint density at radius 2 is 2.50 bits per heavy atom. The van der Waals surface area contributed by atoms with Gasteiger partial charge in [-0.15, -0.1) is 0 Å². The summed E-state index contributed by atoms with van der Waals surface area (Å²) in [6, 6.07) is 1.24. The highest BCUT2D eigenvalue weighted by atomic mass is 16.7. The summed E-state index contributed by atoms with van der Waals surface area (Å²) in [5.74, 6) is 0. The van der Waals surface area contributed by atoms with Crippen molar-refractivity contribution >= 4 is 6.01 Å². The SMILES string of the molecule is N=C=N[N+](=O)[O-]. The molecule has 0 bridgehead atoms. The molecule has 32 valence electrons. The molecular formula is CHN3O2. The second kappa shape index (κ2) is 2.04. The molecule has 0 radical (unpaired) electrons. The van der Waals surface area contributed by atoms with Gasteiger partial charge in [0, 0.05) is 0 Å². The van der Waals surface area contributed by atoms with Crippen LogP contribution in [0.25, 0.3) is 0 Å². The molecule has 1 N–H and O–H groups in total. The van der Waals surface area contributed by atoms with E-state index >= 15 is 0 Å². The first-order chi connectivity index (χ1) is 2.77. The van der Waals surface area contributed by atoms with Crippen LogP contribution in [-0.4, -0.2) is 11.0 Å². The summed E-state index contributed by atoms with van der Waals surface area (Å²) in [5, 5.41) is 16.2. The molecular weight excluding hydrogens is 86.0 g/mol. The predicted octanol–water partition coefficient (Wildman–Crippen LogP) is -0.0692. The standard InChI is InChI=1S/CHN3O2/c2-1-3-4(5)6/h2H. The van der Waals surface area contributed by atoms with Crippen molar-refractivity contribution < 1.29 is 5.03 Å². The van der Waals surface area contributed by atoms with Crippen LogP contribution in [0, 0.1) is 15.5 Å². The fourth-order valence-electron chi connectivity index (χ4n) is 0.0408. The molecule has 0 aliphatic heterocycles. The second-order valence-electron chi connectivity index (χ2n) is 0.450. The summed E-state index contributed by atoms with van der Waals surface area (Å²) in [7, 11) is 0. The van der Waals surface area contributed by atoms with Crippen molar-refractivity contribution in [3.05, 3.63) is 10.1 Å². The molecule has 0 aromatic carbocycles. The lowest BCUT2D eigenvalue weighted by Crippen LogP contribution is -1.79. The lowest BCUT2D eigenvalue weighted by molar-refractivity contribution is -0.484. The van der Waals surface area contributed by atoms with Crippen molar-refractivity contribution in [3.8, 4) is 0 Å². The molecule has 0 aliphatic rings. The summed E-state index contributed by atoms with van der Waals surface area (Å²) in [6.07, 6.45) is 0. The number of nitro groups is 1. The average molecular weight is 87.0 g/mol. The van der Waals surface area contributed by atoms with E-state index in [4.69, 9.17) is 15.5 Å². The molecule has 0 saturated carbocycles. The van der Waals surface area contributed by atoms with Crippen LogP contribution < -0.4 is 0 Å². The molecule has 0 spiro atoms. The largest absolute Gasteiger partial charge is 0.236 e. The Balaban J connectivity index is 3.60. The van der Waals surface area contributed by atoms with E-state index < -0.39 is 5.03 Å². The molecule has 0 aromatic heterocycles. The van der Waals surface area contributed by atoms with Crippen molar-refractivity contribution in [2.45, 2.75) is 0 Å². The monoisotopic (exact) mass is 87.0 g/mol. The zero-order valence-electron chi connectivity index (χ0n) is 2.71. The first-order valence-electron chi connectivity index (χ1n) is 1.04. The number of rotatable bonds is 1. The van der Waals surface area contributed by atoms with Crippen LogP contribution >= 0.6 is 0 Å². The van der Waals surface area contributed by atoms with E-state index in [1.54, 1.807) is 0 Å². The van der Waals surface area contributed by atoms with Gasteiger partial charge in [-0.05, 0) is 0 Å². The van der Waals surface area contributed by atoms with Gasteiger partial charge < -0.3 is 0 Å². The second-order valence-corrected chi connectivity index (χ2v) is 0.450. The van der Waals surface area contributed by atoms with E-state index in [1.807, 2.05) is 0 Å². The van der Waals surface area contributed by atoms with Crippen LogP contribution in [0.15, 0.2) is 5.10 Å². The number of hydrogen-bond acceptors (Lipinski definition) is 3. The fourth-order valence-corrected chi connectivity index (χ4v) is 0.0408. The molecule has 0 heterocycles. The number of hydrazone groups is 1. The van der Waals surface area contributed by atoms with E-state index in [2.05, 4.69) is 5.10 Å². The van der Waals surface area contributed by atoms with Crippen molar-refractivity contribution in [1.29, 1.82) is 5.41 Å². The van der Waals surface area contributed by atoms with Crippen LogP contribution in [0.2, 0.25) is 0 Å². The molecule has 0 amide bonds. The van der Waals surface area contributed by atoms with Crippen LogP contribution in [0.1, 0.15) is 0 Å². The third-order valence-electron chi connectivity index (χ3n) is 0.132. The minimum atomic E-state index is -0.993. The predicted molar refractivity (Wildman–Crippen MR) is 17.1 cm³/mol. The van der Waals surface area contributed by atoms with Crippen LogP contribution in [0.4, 0.5) is 0 Å². The molecule has 0 saturated heterocycles. The highest BCUT2D eigenvalue weighted by molar-refractivity contribution is 5.33. The van der Waals surface area contributed by atoms with E-state index in [0.29, 0.717) is 0 Å². The topological polar surface area (TPSA) is 79.3 Å². The lowest BCUT2D eigenvalue weighted by Gasteiger charge is -1.61. The Labute approximate surface area is 32.9 Å². The molecule has 0 aromatic rings. The molecule has 5 nitrogen and oxygen atoms in total. The van der Waals surface area contributed by atoms with E-state index in [-0.39, 0.29) is 0 Å². The van der Waals surface area contributed by atoms with E-state index in [1.165, 1.54) is 6.01 Å². The van der Waals surface area contributed by atoms with E-state index in [9.17, 15) is 0 Å². The number of nitrogens with one attached hydrogen (secondary N) is 1. The number of hydrogen-bond donors (Lipinski definition) is 1. The summed E-state index contributed by atoms with van der Waals surface area (Å²) in [6.45, 7) is 0. The maximum absolute atomic E-state index is 9.06. The molecule has 5 heteroatoms. The summed E-state index contributed by atoms with van der Waals surface area (Å²) >= 11 is 0. The molecule has 6 heavy (non-hydrogen) atoms. The van der Waals surface area contributed by atoms with E-state index in [0.717, 1.165) is 0 Å². The summed E-state index contributed by atoms with van der Waals surface area (Å²) in [4.78, 5) is 9.06. The molecule has 0 unspecified atom stereocenters. The zero-order chi connectivity index (χ0) is 4.99. The van der Waals surface area contributed by atoms with Gasteiger partial charge in [-0.1, -0.05) is 0 Å². The Bertz CT molecular complexity index is 101. The minimum absolute atomic E-state index is 0.993. The van der Waals surface area contributed by atoms with Gasteiger partial charge in [-0.3, -0.25) is 0 Å². The first kappa shape index (κ1) is 4.78. The van der Waals surface area contributed by atoms with Crippen LogP contribution in [0.3, 0.4) is 0 Å². The van der Waals surface area contributed by atoms with Crippen molar-refractivity contribution in [2.75, 3.05) is 0 Å². The third-order valence-corrected chi connectivity index (χ3v) is 0.132. The summed E-state index contributed by atoms with van der Waals surface area (Å²) < 4.78 is 0. The Kier molecular flexibility index (Phi) is 1.63.